The monoisotopic (exact) mass is 690 g/mol. The number of amides is 1. The van der Waals surface area contributed by atoms with Crippen LogP contribution in [-0.2, 0) is 33.0 Å². The molecule has 0 aliphatic heterocycles. The third kappa shape index (κ3) is 7.21. The maximum atomic E-state index is 15.2. The fraction of sp³-hybridized carbons (Fsp3) is 0.265. The van der Waals surface area contributed by atoms with E-state index in [1.54, 1.807) is 42.2 Å². The molecule has 0 spiro atoms. The molecular formula is C34H32F2N6O6S. The Morgan fingerprint density at radius 2 is 1.76 bits per heavy atom. The van der Waals surface area contributed by atoms with E-state index in [2.05, 4.69) is 15.3 Å². The zero-order valence-electron chi connectivity index (χ0n) is 26.3. The van der Waals surface area contributed by atoms with Gasteiger partial charge < -0.3 is 10.1 Å². The molecule has 49 heavy (non-hydrogen) atoms. The molecule has 3 heterocycles. The summed E-state index contributed by atoms with van der Waals surface area (Å²) in [4.78, 5) is 48.1. The Kier molecular flexibility index (Phi) is 9.53. The molecule has 0 radical (unpaired) electrons. The van der Waals surface area contributed by atoms with Gasteiger partial charge in [-0.3, -0.25) is 29.0 Å². The number of nitrogens with one attached hydrogen (secondary N) is 2. The molecule has 2 aromatic carbocycles. The minimum Gasteiger partial charge on any atom is -0.461 e. The number of aryl methyl sites for hydroxylation is 1. The summed E-state index contributed by atoms with van der Waals surface area (Å²) in [7, 11) is -2.54. The Hall–Kier alpha value is -5.44. The van der Waals surface area contributed by atoms with Crippen molar-refractivity contribution in [1.82, 2.24) is 24.6 Å². The SMILES string of the molecule is Cn1c2cnccc2c(=O)n1-c1ccc(C[C@H](NC(=O)c2cc(F)c(NS(=O)(=O)c3ccccc3)cc2F)C(=O)OC2CCCCC2)nc1. The van der Waals surface area contributed by atoms with Crippen LogP contribution in [-0.4, -0.2) is 51.8 Å². The highest BCUT2D eigenvalue weighted by Crippen LogP contribution is 2.24. The predicted octanol–water partition coefficient (Wildman–Crippen LogP) is 4.42. The van der Waals surface area contributed by atoms with Crippen molar-refractivity contribution in [2.75, 3.05) is 4.72 Å². The highest BCUT2D eigenvalue weighted by atomic mass is 32.2. The molecule has 0 bridgehead atoms. The van der Waals surface area contributed by atoms with Gasteiger partial charge in [0.05, 0.1) is 45.1 Å². The average Bonchev–Trinajstić information content (AvgIpc) is 3.36. The number of rotatable bonds is 10. The fourth-order valence-electron chi connectivity index (χ4n) is 5.81. The van der Waals surface area contributed by atoms with Crippen molar-refractivity contribution in [3.8, 4) is 5.69 Å². The van der Waals surface area contributed by atoms with Gasteiger partial charge >= 0.3 is 5.97 Å². The van der Waals surface area contributed by atoms with Crippen LogP contribution in [0.4, 0.5) is 14.5 Å². The fourth-order valence-corrected chi connectivity index (χ4v) is 6.89. The van der Waals surface area contributed by atoms with Gasteiger partial charge in [0.25, 0.3) is 21.5 Å². The Balaban J connectivity index is 1.23. The molecule has 15 heteroatoms. The minimum absolute atomic E-state index is 0.162. The standard InChI is InChI=1S/C34H32F2N6O6S/c1-41-31-20-37-15-14-25(31)33(44)42(41)22-13-12-21(38-19-22)16-30(34(45)48-23-8-4-2-5-9-23)39-32(43)26-17-28(36)29(18-27(26)35)40-49(46,47)24-10-6-3-7-11-24/h3,6-7,10-15,17-20,23,30,40H,2,4-5,8-9,16H2,1H3,(H,39,43)/t30-/m0/s1. The Labute approximate surface area is 279 Å². The molecule has 5 aromatic rings. The van der Waals surface area contributed by atoms with Crippen molar-refractivity contribution in [2.24, 2.45) is 7.05 Å². The third-order valence-corrected chi connectivity index (χ3v) is 9.74. The third-order valence-electron chi connectivity index (χ3n) is 8.36. The molecule has 1 aliphatic rings. The van der Waals surface area contributed by atoms with E-state index < -0.39 is 50.8 Å². The largest absolute Gasteiger partial charge is 0.461 e. The number of carbonyl (C=O) groups is 2. The molecule has 3 aromatic heterocycles. The zero-order valence-corrected chi connectivity index (χ0v) is 27.1. The van der Waals surface area contributed by atoms with E-state index in [9.17, 15) is 22.8 Å². The Morgan fingerprint density at radius 3 is 2.45 bits per heavy atom. The summed E-state index contributed by atoms with van der Waals surface area (Å²) in [5.74, 6) is -4.31. The molecule has 1 fully saturated rings. The summed E-state index contributed by atoms with van der Waals surface area (Å²) in [6.45, 7) is 0. The van der Waals surface area contributed by atoms with E-state index in [0.29, 0.717) is 47.3 Å². The number of esters is 1. The Morgan fingerprint density at radius 1 is 1.00 bits per heavy atom. The maximum absolute atomic E-state index is 15.2. The molecule has 1 saturated carbocycles. The molecule has 1 amide bonds. The molecule has 12 nitrogen and oxygen atoms in total. The van der Waals surface area contributed by atoms with Gasteiger partial charge in [0.1, 0.15) is 23.8 Å². The van der Waals surface area contributed by atoms with E-state index >= 15 is 8.78 Å². The summed E-state index contributed by atoms with van der Waals surface area (Å²) in [6.07, 6.45) is 8.13. The first kappa shape index (κ1) is 33.5. The van der Waals surface area contributed by atoms with Gasteiger partial charge in [-0.2, -0.15) is 0 Å². The van der Waals surface area contributed by atoms with Crippen molar-refractivity contribution in [3.63, 3.8) is 0 Å². The number of anilines is 1. The quantitative estimate of drug-likeness (QED) is 0.204. The van der Waals surface area contributed by atoms with Gasteiger partial charge in [-0.25, -0.2) is 26.7 Å². The maximum Gasteiger partial charge on any atom is 0.329 e. The summed E-state index contributed by atoms with van der Waals surface area (Å²) >= 11 is 0. The lowest BCUT2D eigenvalue weighted by Crippen LogP contribution is -2.45. The van der Waals surface area contributed by atoms with Crippen molar-refractivity contribution in [2.45, 2.75) is 55.6 Å². The summed E-state index contributed by atoms with van der Waals surface area (Å²) in [5, 5.41) is 2.92. The second-order valence-electron chi connectivity index (χ2n) is 11.7. The number of aromatic nitrogens is 4. The van der Waals surface area contributed by atoms with Crippen LogP contribution in [0.2, 0.25) is 0 Å². The number of nitrogens with zero attached hydrogens (tertiary/aromatic N) is 4. The van der Waals surface area contributed by atoms with Gasteiger partial charge in [0, 0.05) is 31.4 Å². The lowest BCUT2D eigenvalue weighted by molar-refractivity contribution is -0.152. The smallest absolute Gasteiger partial charge is 0.329 e. The molecule has 1 aliphatic carbocycles. The zero-order chi connectivity index (χ0) is 34.7. The van der Waals surface area contributed by atoms with Crippen LogP contribution in [0, 0.1) is 11.6 Å². The van der Waals surface area contributed by atoms with E-state index in [0.717, 1.165) is 19.3 Å². The lowest BCUT2D eigenvalue weighted by atomic mass is 9.97. The first-order valence-corrected chi connectivity index (χ1v) is 17.1. The minimum atomic E-state index is -4.25. The van der Waals surface area contributed by atoms with Crippen molar-refractivity contribution in [1.29, 1.82) is 0 Å². The number of hydrogen-bond donors (Lipinski definition) is 2. The highest BCUT2D eigenvalue weighted by Gasteiger charge is 2.29. The second-order valence-corrected chi connectivity index (χ2v) is 13.4. The molecule has 254 valence electrons. The number of fused-ring (bicyclic) bond motifs is 1. The molecule has 0 unspecified atom stereocenters. The summed E-state index contributed by atoms with van der Waals surface area (Å²) in [5.41, 5.74) is -0.307. The lowest BCUT2D eigenvalue weighted by Gasteiger charge is -2.25. The highest BCUT2D eigenvalue weighted by molar-refractivity contribution is 7.92. The number of pyridine rings is 2. The van der Waals surface area contributed by atoms with E-state index in [1.807, 2.05) is 4.72 Å². The van der Waals surface area contributed by atoms with Crippen LogP contribution >= 0.6 is 0 Å². The molecule has 0 saturated heterocycles. The van der Waals surface area contributed by atoms with E-state index in [1.165, 1.54) is 41.3 Å². The van der Waals surface area contributed by atoms with Gasteiger partial charge in [0.15, 0.2) is 0 Å². The number of benzene rings is 2. The van der Waals surface area contributed by atoms with Gasteiger partial charge in [-0.05, 0) is 62.1 Å². The first-order chi connectivity index (χ1) is 23.5. The Bertz CT molecular complexity index is 2180. The number of halogens is 2. The van der Waals surface area contributed by atoms with Crippen molar-refractivity contribution < 1.29 is 31.5 Å². The number of hydrogen-bond acceptors (Lipinski definition) is 8. The van der Waals surface area contributed by atoms with Crippen LogP contribution in [0.15, 0.2) is 88.9 Å². The number of ether oxygens (including phenoxy) is 1. The van der Waals surface area contributed by atoms with Crippen LogP contribution < -0.4 is 15.6 Å². The second kappa shape index (κ2) is 14.0. The number of carbonyl (C=O) groups excluding carboxylic acids is 2. The van der Waals surface area contributed by atoms with Crippen molar-refractivity contribution >= 4 is 38.5 Å². The first-order valence-electron chi connectivity index (χ1n) is 15.6. The van der Waals surface area contributed by atoms with Crippen LogP contribution in [0.5, 0.6) is 0 Å². The predicted molar refractivity (Wildman–Crippen MR) is 176 cm³/mol. The van der Waals surface area contributed by atoms with Gasteiger partial charge in [-0.1, -0.05) is 24.6 Å². The molecule has 2 N–H and O–H groups in total. The average molecular weight is 691 g/mol. The summed E-state index contributed by atoms with van der Waals surface area (Å²) in [6, 6.07) is 11.7. The molecular weight excluding hydrogens is 658 g/mol. The van der Waals surface area contributed by atoms with Gasteiger partial charge in [0.2, 0.25) is 0 Å². The van der Waals surface area contributed by atoms with Crippen LogP contribution in [0.1, 0.15) is 48.2 Å². The van der Waals surface area contributed by atoms with E-state index in [-0.39, 0.29) is 23.0 Å². The van der Waals surface area contributed by atoms with Gasteiger partial charge in [-0.15, -0.1) is 0 Å². The van der Waals surface area contributed by atoms with E-state index in [4.69, 9.17) is 4.74 Å². The molecule has 6 rings (SSSR count). The van der Waals surface area contributed by atoms with Crippen LogP contribution in [0.25, 0.3) is 16.6 Å². The number of sulfonamides is 1. The molecule has 1 atom stereocenters. The van der Waals surface area contributed by atoms with Crippen molar-refractivity contribution in [3.05, 3.63) is 112 Å². The topological polar surface area (TPSA) is 154 Å². The normalized spacial score (nSPS) is 14.3. The van der Waals surface area contributed by atoms with Crippen LogP contribution in [0.3, 0.4) is 0 Å². The summed E-state index contributed by atoms with van der Waals surface area (Å²) < 4.78 is 66.4.